The van der Waals surface area contributed by atoms with Gasteiger partial charge >= 0.3 is 0 Å². The third-order valence-corrected chi connectivity index (χ3v) is 7.67. The van der Waals surface area contributed by atoms with E-state index in [4.69, 9.17) is 0 Å². The molecule has 0 aliphatic heterocycles. The molecule has 1 fully saturated rings. The first kappa shape index (κ1) is 26.8. The highest BCUT2D eigenvalue weighted by atomic mass is 32.2. The van der Waals surface area contributed by atoms with Gasteiger partial charge in [0, 0.05) is 16.8 Å². The van der Waals surface area contributed by atoms with E-state index in [1.807, 2.05) is 0 Å². The molecular weight excluding hydrogens is 469 g/mol. The average molecular weight is 504 g/mol. The van der Waals surface area contributed by atoms with Crippen LogP contribution in [-0.4, -0.2) is 31.8 Å². The molecule has 9 heteroatoms. The summed E-state index contributed by atoms with van der Waals surface area (Å²) in [6, 6.07) is 10.3. The Bertz CT molecular complexity index is 1120. The molecule has 0 aromatic heterocycles. The number of halogens is 1. The molecule has 0 spiro atoms. The van der Waals surface area contributed by atoms with Crippen molar-refractivity contribution in [3.63, 3.8) is 0 Å². The van der Waals surface area contributed by atoms with Crippen LogP contribution in [0.3, 0.4) is 0 Å². The zero-order valence-electron chi connectivity index (χ0n) is 20.4. The second kappa shape index (κ2) is 11.3. The monoisotopic (exact) mass is 503 g/mol. The number of hydrogen-bond acceptors (Lipinski definition) is 4. The predicted octanol–water partition coefficient (Wildman–Crippen LogP) is 4.61. The van der Waals surface area contributed by atoms with Crippen molar-refractivity contribution < 1.29 is 22.4 Å². The zero-order chi connectivity index (χ0) is 25.6. The van der Waals surface area contributed by atoms with Crippen LogP contribution in [0, 0.1) is 11.7 Å². The molecule has 0 unspecified atom stereocenters. The van der Waals surface area contributed by atoms with Crippen molar-refractivity contribution in [1.29, 1.82) is 0 Å². The van der Waals surface area contributed by atoms with Gasteiger partial charge in [-0.2, -0.15) is 0 Å². The van der Waals surface area contributed by atoms with Gasteiger partial charge in [-0.3, -0.25) is 9.59 Å². The Morgan fingerprint density at radius 3 is 2.14 bits per heavy atom. The number of nitrogens with one attached hydrogen (secondary N) is 3. The number of hydrogen-bond donors (Lipinski definition) is 3. The molecule has 0 bridgehead atoms. The molecule has 1 aliphatic rings. The van der Waals surface area contributed by atoms with Gasteiger partial charge in [0.1, 0.15) is 11.9 Å². The van der Waals surface area contributed by atoms with Crippen molar-refractivity contribution in [3.05, 3.63) is 59.9 Å². The van der Waals surface area contributed by atoms with E-state index in [1.165, 1.54) is 55.0 Å². The number of sulfonamides is 1. The van der Waals surface area contributed by atoms with Crippen LogP contribution in [0.2, 0.25) is 0 Å². The lowest BCUT2D eigenvalue weighted by Crippen LogP contribution is -2.45. The highest BCUT2D eigenvalue weighted by molar-refractivity contribution is 7.89. The van der Waals surface area contributed by atoms with E-state index in [0.29, 0.717) is 18.0 Å². The fourth-order valence-electron chi connectivity index (χ4n) is 4.24. The number of anilines is 1. The van der Waals surface area contributed by atoms with Crippen LogP contribution in [-0.2, 0) is 14.8 Å². The first-order valence-corrected chi connectivity index (χ1v) is 13.4. The van der Waals surface area contributed by atoms with E-state index in [2.05, 4.69) is 15.4 Å². The van der Waals surface area contributed by atoms with Crippen molar-refractivity contribution in [3.8, 4) is 0 Å². The van der Waals surface area contributed by atoms with Gasteiger partial charge in [0.05, 0.1) is 4.90 Å². The molecule has 2 aromatic rings. The summed E-state index contributed by atoms with van der Waals surface area (Å²) in [6.45, 7) is 5.27. The lowest BCUT2D eigenvalue weighted by atomic mass is 9.84. The Hall–Kier alpha value is -2.78. The van der Waals surface area contributed by atoms with Crippen LogP contribution >= 0.6 is 0 Å². The Morgan fingerprint density at radius 1 is 0.971 bits per heavy atom. The number of rotatable bonds is 8. The van der Waals surface area contributed by atoms with Gasteiger partial charge in [-0.1, -0.05) is 32.1 Å². The van der Waals surface area contributed by atoms with Crippen LogP contribution in [0.1, 0.15) is 69.7 Å². The molecule has 35 heavy (non-hydrogen) atoms. The maximum absolute atomic E-state index is 13.2. The van der Waals surface area contributed by atoms with Crippen LogP contribution in [0.4, 0.5) is 10.1 Å². The van der Waals surface area contributed by atoms with E-state index in [0.717, 1.165) is 25.7 Å². The molecule has 190 valence electrons. The topological polar surface area (TPSA) is 104 Å². The second-order valence-corrected chi connectivity index (χ2v) is 11.8. The fraction of sp³-hybridized carbons (Fsp3) is 0.462. The Morgan fingerprint density at radius 2 is 1.57 bits per heavy atom. The molecular formula is C26H34FN3O4S. The van der Waals surface area contributed by atoms with Crippen molar-refractivity contribution in [2.45, 2.75) is 75.8 Å². The fourth-order valence-corrected chi connectivity index (χ4v) is 5.66. The predicted molar refractivity (Wildman–Crippen MR) is 134 cm³/mol. The molecule has 1 atom stereocenters. The third kappa shape index (κ3) is 8.14. The third-order valence-electron chi connectivity index (χ3n) is 5.89. The van der Waals surface area contributed by atoms with Crippen LogP contribution in [0.5, 0.6) is 0 Å². The molecule has 7 nitrogen and oxygen atoms in total. The molecule has 3 N–H and O–H groups in total. The summed E-state index contributed by atoms with van der Waals surface area (Å²) in [5.74, 6) is -0.949. The Balaban J connectivity index is 1.72. The molecule has 2 amide bonds. The zero-order valence-corrected chi connectivity index (χ0v) is 21.3. The number of benzene rings is 2. The average Bonchev–Trinajstić information content (AvgIpc) is 2.78. The normalized spacial score (nSPS) is 15.9. The van der Waals surface area contributed by atoms with Crippen molar-refractivity contribution >= 4 is 27.5 Å². The van der Waals surface area contributed by atoms with E-state index >= 15 is 0 Å². The van der Waals surface area contributed by atoms with Crippen molar-refractivity contribution in [2.75, 3.05) is 5.32 Å². The standard InChI is InChI=1S/C26H34FN3O4S/c1-26(2,3)30-35(33,34)22-15-13-21(14-16-22)28-25(32)23(17-18-7-5-4-6-8-18)29-24(31)19-9-11-20(27)12-10-19/h9-16,18,23,30H,4-8,17H2,1-3H3,(H,28,32)(H,29,31)/t23-/m0/s1. The van der Waals surface area contributed by atoms with Gasteiger partial charge in [0.2, 0.25) is 15.9 Å². The summed E-state index contributed by atoms with van der Waals surface area (Å²) in [7, 11) is -3.69. The second-order valence-electron chi connectivity index (χ2n) is 10.1. The summed E-state index contributed by atoms with van der Waals surface area (Å²) in [6.07, 6.45) is 5.88. The van der Waals surface area contributed by atoms with Gasteiger partial charge in [-0.15, -0.1) is 0 Å². The van der Waals surface area contributed by atoms with Gasteiger partial charge < -0.3 is 10.6 Å². The largest absolute Gasteiger partial charge is 0.340 e. The molecule has 0 heterocycles. The first-order chi connectivity index (χ1) is 16.4. The molecule has 2 aromatic carbocycles. The van der Waals surface area contributed by atoms with Gasteiger partial charge in [0.25, 0.3) is 5.91 Å². The highest BCUT2D eigenvalue weighted by Crippen LogP contribution is 2.28. The summed E-state index contributed by atoms with van der Waals surface area (Å²) >= 11 is 0. The summed E-state index contributed by atoms with van der Waals surface area (Å²) < 4.78 is 40.9. The molecule has 1 aliphatic carbocycles. The summed E-state index contributed by atoms with van der Waals surface area (Å²) in [5.41, 5.74) is 0.0731. The SMILES string of the molecule is CC(C)(C)NS(=O)(=O)c1ccc(NC(=O)[C@H](CC2CCCCC2)NC(=O)c2ccc(F)cc2)cc1. The summed E-state index contributed by atoms with van der Waals surface area (Å²) in [5, 5.41) is 5.60. The van der Waals surface area contributed by atoms with E-state index in [-0.39, 0.29) is 16.4 Å². The van der Waals surface area contributed by atoms with Gasteiger partial charge in [-0.25, -0.2) is 17.5 Å². The van der Waals surface area contributed by atoms with Crippen LogP contribution in [0.25, 0.3) is 0 Å². The summed E-state index contributed by atoms with van der Waals surface area (Å²) in [4.78, 5) is 26.0. The minimum absolute atomic E-state index is 0.0915. The molecule has 3 rings (SSSR count). The number of carbonyl (C=O) groups excluding carboxylic acids is 2. The number of carbonyl (C=O) groups is 2. The van der Waals surface area contributed by atoms with Gasteiger partial charge in [0.15, 0.2) is 0 Å². The minimum Gasteiger partial charge on any atom is -0.340 e. The van der Waals surface area contributed by atoms with E-state index in [1.54, 1.807) is 20.8 Å². The van der Waals surface area contributed by atoms with Crippen LogP contribution in [0.15, 0.2) is 53.4 Å². The van der Waals surface area contributed by atoms with Gasteiger partial charge in [-0.05, 0) is 81.6 Å². The highest BCUT2D eigenvalue weighted by Gasteiger charge is 2.27. The van der Waals surface area contributed by atoms with E-state index in [9.17, 15) is 22.4 Å². The maximum atomic E-state index is 13.2. The Labute approximate surface area is 206 Å². The Kier molecular flexibility index (Phi) is 8.66. The van der Waals surface area contributed by atoms with Crippen LogP contribution < -0.4 is 15.4 Å². The number of amides is 2. The molecule has 0 saturated heterocycles. The smallest absolute Gasteiger partial charge is 0.251 e. The quantitative estimate of drug-likeness (QED) is 0.489. The van der Waals surface area contributed by atoms with E-state index < -0.39 is 33.3 Å². The lowest BCUT2D eigenvalue weighted by molar-refractivity contribution is -0.118. The van der Waals surface area contributed by atoms with Crippen molar-refractivity contribution in [1.82, 2.24) is 10.0 Å². The first-order valence-electron chi connectivity index (χ1n) is 11.9. The minimum atomic E-state index is -3.69. The molecule has 0 radical (unpaired) electrons. The molecule has 1 saturated carbocycles. The maximum Gasteiger partial charge on any atom is 0.251 e. The lowest BCUT2D eigenvalue weighted by Gasteiger charge is -2.26. The van der Waals surface area contributed by atoms with Crippen molar-refractivity contribution in [2.24, 2.45) is 5.92 Å².